The Morgan fingerprint density at radius 1 is 1.37 bits per heavy atom. The van der Waals surface area contributed by atoms with Gasteiger partial charge in [0.25, 0.3) is 0 Å². The van der Waals surface area contributed by atoms with Crippen LogP contribution in [0, 0.1) is 6.92 Å². The molecule has 0 bridgehead atoms. The Kier molecular flexibility index (Phi) is 3.85. The topological polar surface area (TPSA) is 72.6 Å². The van der Waals surface area contributed by atoms with Crippen LogP contribution in [0.5, 0.6) is 5.75 Å². The van der Waals surface area contributed by atoms with Gasteiger partial charge in [-0.2, -0.15) is 0 Å². The lowest BCUT2D eigenvalue weighted by molar-refractivity contribution is 0.0696. The SMILES string of the molecule is CCCOc1ccc(-c2onc(C)c2C(=O)O)cc1. The first-order chi connectivity index (χ1) is 9.13. The van der Waals surface area contributed by atoms with Crippen molar-refractivity contribution in [2.24, 2.45) is 0 Å². The van der Waals surface area contributed by atoms with Crippen molar-refractivity contribution in [3.05, 3.63) is 35.5 Å². The zero-order valence-electron chi connectivity index (χ0n) is 10.8. The summed E-state index contributed by atoms with van der Waals surface area (Å²) in [6.45, 7) is 4.29. The van der Waals surface area contributed by atoms with Crippen LogP contribution in [0.2, 0.25) is 0 Å². The van der Waals surface area contributed by atoms with E-state index in [9.17, 15) is 4.79 Å². The molecule has 0 aliphatic rings. The first kappa shape index (κ1) is 13.1. The molecule has 2 aromatic rings. The van der Waals surface area contributed by atoms with Crippen LogP contribution in [0.25, 0.3) is 11.3 Å². The van der Waals surface area contributed by atoms with Crippen LogP contribution < -0.4 is 4.74 Å². The second-order valence-corrected chi connectivity index (χ2v) is 4.15. The normalized spacial score (nSPS) is 10.4. The second kappa shape index (κ2) is 5.56. The summed E-state index contributed by atoms with van der Waals surface area (Å²) in [5.74, 6) is -0.0224. The summed E-state index contributed by atoms with van der Waals surface area (Å²) in [6, 6.07) is 7.09. The molecule has 0 aliphatic heterocycles. The average Bonchev–Trinajstić information content (AvgIpc) is 2.79. The molecule has 1 heterocycles. The van der Waals surface area contributed by atoms with E-state index in [1.165, 1.54) is 0 Å². The van der Waals surface area contributed by atoms with Crippen LogP contribution in [0.3, 0.4) is 0 Å². The Bertz CT molecular complexity index is 572. The number of nitrogens with zero attached hydrogens (tertiary/aromatic N) is 1. The van der Waals surface area contributed by atoms with Gasteiger partial charge in [0, 0.05) is 5.56 Å². The minimum absolute atomic E-state index is 0.0993. The first-order valence-electron chi connectivity index (χ1n) is 6.06. The van der Waals surface area contributed by atoms with Crippen LogP contribution in [0.15, 0.2) is 28.8 Å². The molecule has 0 radical (unpaired) electrons. The molecule has 5 nitrogen and oxygen atoms in total. The van der Waals surface area contributed by atoms with Gasteiger partial charge < -0.3 is 14.4 Å². The van der Waals surface area contributed by atoms with Crippen molar-refractivity contribution in [3.8, 4) is 17.1 Å². The summed E-state index contributed by atoms with van der Waals surface area (Å²) < 4.78 is 10.6. The molecule has 100 valence electrons. The second-order valence-electron chi connectivity index (χ2n) is 4.15. The predicted molar refractivity (Wildman–Crippen MR) is 69.4 cm³/mol. The van der Waals surface area contributed by atoms with Crippen LogP contribution in [-0.2, 0) is 0 Å². The Morgan fingerprint density at radius 2 is 2.05 bits per heavy atom. The molecule has 1 aromatic carbocycles. The molecule has 0 saturated heterocycles. The number of aromatic nitrogens is 1. The average molecular weight is 261 g/mol. The summed E-state index contributed by atoms with van der Waals surface area (Å²) in [7, 11) is 0. The highest BCUT2D eigenvalue weighted by Gasteiger charge is 2.20. The smallest absolute Gasteiger partial charge is 0.341 e. The molecule has 5 heteroatoms. The monoisotopic (exact) mass is 261 g/mol. The molecular formula is C14H15NO4. The van der Waals surface area contributed by atoms with E-state index >= 15 is 0 Å². The number of hydrogen-bond donors (Lipinski definition) is 1. The van der Waals surface area contributed by atoms with Crippen LogP contribution >= 0.6 is 0 Å². The van der Waals surface area contributed by atoms with E-state index in [0.29, 0.717) is 17.9 Å². The van der Waals surface area contributed by atoms with Gasteiger partial charge in [-0.1, -0.05) is 12.1 Å². The summed E-state index contributed by atoms with van der Waals surface area (Å²) in [6.07, 6.45) is 0.937. The van der Waals surface area contributed by atoms with Gasteiger partial charge in [-0.15, -0.1) is 0 Å². The summed E-state index contributed by atoms with van der Waals surface area (Å²) >= 11 is 0. The third-order valence-electron chi connectivity index (χ3n) is 2.67. The van der Waals surface area contributed by atoms with Crippen molar-refractivity contribution in [1.82, 2.24) is 5.16 Å². The minimum atomic E-state index is -1.04. The maximum Gasteiger partial charge on any atom is 0.341 e. The lowest BCUT2D eigenvalue weighted by Crippen LogP contribution is -1.99. The van der Waals surface area contributed by atoms with Gasteiger partial charge in [0.15, 0.2) is 5.76 Å². The lowest BCUT2D eigenvalue weighted by Gasteiger charge is -2.04. The van der Waals surface area contributed by atoms with Gasteiger partial charge >= 0.3 is 5.97 Å². The molecular weight excluding hydrogens is 246 g/mol. The van der Waals surface area contributed by atoms with Crippen LogP contribution in [0.4, 0.5) is 0 Å². The van der Waals surface area contributed by atoms with Crippen molar-refractivity contribution in [2.75, 3.05) is 6.61 Å². The fourth-order valence-corrected chi connectivity index (χ4v) is 1.74. The third kappa shape index (κ3) is 2.76. The number of carboxylic acids is 1. The van der Waals surface area contributed by atoms with Gasteiger partial charge in [-0.25, -0.2) is 4.79 Å². The Labute approximate surface area is 110 Å². The van der Waals surface area contributed by atoms with Crippen LogP contribution in [-0.4, -0.2) is 22.8 Å². The number of carbonyl (C=O) groups is 1. The van der Waals surface area contributed by atoms with E-state index in [1.807, 2.05) is 6.92 Å². The van der Waals surface area contributed by atoms with Crippen molar-refractivity contribution in [1.29, 1.82) is 0 Å². The number of ether oxygens (including phenoxy) is 1. The molecule has 0 saturated carbocycles. The molecule has 19 heavy (non-hydrogen) atoms. The molecule has 0 aliphatic carbocycles. The molecule has 0 amide bonds. The Hall–Kier alpha value is -2.30. The Balaban J connectivity index is 2.30. The van der Waals surface area contributed by atoms with Crippen molar-refractivity contribution in [3.63, 3.8) is 0 Å². The zero-order valence-corrected chi connectivity index (χ0v) is 10.8. The van der Waals surface area contributed by atoms with Gasteiger partial charge in [0.05, 0.1) is 12.3 Å². The van der Waals surface area contributed by atoms with E-state index in [0.717, 1.165) is 12.2 Å². The molecule has 0 atom stereocenters. The third-order valence-corrected chi connectivity index (χ3v) is 2.67. The lowest BCUT2D eigenvalue weighted by atomic mass is 10.1. The Morgan fingerprint density at radius 3 is 2.63 bits per heavy atom. The highest BCUT2D eigenvalue weighted by Crippen LogP contribution is 2.27. The first-order valence-corrected chi connectivity index (χ1v) is 6.06. The molecule has 1 N–H and O–H groups in total. The number of aromatic carboxylic acids is 1. The largest absolute Gasteiger partial charge is 0.494 e. The predicted octanol–water partition coefficient (Wildman–Crippen LogP) is 3.14. The van der Waals surface area contributed by atoms with Gasteiger partial charge in [0.1, 0.15) is 11.3 Å². The number of rotatable bonds is 5. The fraction of sp³-hybridized carbons (Fsp3) is 0.286. The number of benzene rings is 1. The van der Waals surface area contributed by atoms with E-state index in [1.54, 1.807) is 31.2 Å². The highest BCUT2D eigenvalue weighted by atomic mass is 16.5. The summed E-state index contributed by atoms with van der Waals surface area (Å²) in [4.78, 5) is 11.2. The number of carboxylic acid groups (broad SMARTS) is 1. The fourth-order valence-electron chi connectivity index (χ4n) is 1.74. The van der Waals surface area contributed by atoms with Gasteiger partial charge in [-0.05, 0) is 37.6 Å². The molecule has 2 rings (SSSR count). The van der Waals surface area contributed by atoms with Crippen LogP contribution in [0.1, 0.15) is 29.4 Å². The summed E-state index contributed by atoms with van der Waals surface area (Å²) in [5, 5.41) is 12.8. The number of hydrogen-bond acceptors (Lipinski definition) is 4. The molecule has 0 spiro atoms. The molecule has 0 unspecified atom stereocenters. The molecule has 1 aromatic heterocycles. The standard InChI is InChI=1S/C14H15NO4/c1-3-8-18-11-6-4-10(5-7-11)13-12(14(16)17)9(2)15-19-13/h4-7H,3,8H2,1-2H3,(H,16,17). The van der Waals surface area contributed by atoms with E-state index in [-0.39, 0.29) is 11.3 Å². The van der Waals surface area contributed by atoms with Gasteiger partial charge in [-0.3, -0.25) is 0 Å². The van der Waals surface area contributed by atoms with E-state index < -0.39 is 5.97 Å². The summed E-state index contributed by atoms with van der Waals surface area (Å²) in [5.41, 5.74) is 1.14. The van der Waals surface area contributed by atoms with Crippen molar-refractivity contribution in [2.45, 2.75) is 20.3 Å². The van der Waals surface area contributed by atoms with Crippen molar-refractivity contribution < 1.29 is 19.2 Å². The van der Waals surface area contributed by atoms with E-state index in [2.05, 4.69) is 5.16 Å². The number of aryl methyl sites for hydroxylation is 1. The zero-order chi connectivity index (χ0) is 13.8. The molecule has 0 fully saturated rings. The highest BCUT2D eigenvalue weighted by molar-refractivity contribution is 5.95. The maximum absolute atomic E-state index is 11.2. The minimum Gasteiger partial charge on any atom is -0.494 e. The maximum atomic E-state index is 11.2. The van der Waals surface area contributed by atoms with Gasteiger partial charge in [0.2, 0.25) is 0 Å². The van der Waals surface area contributed by atoms with Crippen molar-refractivity contribution >= 4 is 5.97 Å². The van der Waals surface area contributed by atoms with E-state index in [4.69, 9.17) is 14.4 Å². The quantitative estimate of drug-likeness (QED) is 0.895.